The van der Waals surface area contributed by atoms with Gasteiger partial charge in [-0.25, -0.2) is 14.2 Å². The van der Waals surface area contributed by atoms with Gasteiger partial charge in [0.2, 0.25) is 0 Å². The maximum atomic E-state index is 14.2. The average Bonchev–Trinajstić information content (AvgIpc) is 2.92. The Bertz CT molecular complexity index is 878. The van der Waals surface area contributed by atoms with Crippen LogP contribution in [0.1, 0.15) is 33.3 Å². The lowest BCUT2D eigenvalue weighted by atomic mass is 9.88. The largest absolute Gasteiger partial charge is 0.464 e. The summed E-state index contributed by atoms with van der Waals surface area (Å²) in [5, 5.41) is 0. The Morgan fingerprint density at radius 3 is 2.59 bits per heavy atom. The number of hydrogen-bond acceptors (Lipinski definition) is 5. The minimum absolute atomic E-state index is 0.175. The van der Waals surface area contributed by atoms with Gasteiger partial charge in [-0.2, -0.15) is 0 Å². The van der Waals surface area contributed by atoms with E-state index in [0.29, 0.717) is 17.1 Å². The fourth-order valence-corrected chi connectivity index (χ4v) is 3.12. The first kappa shape index (κ1) is 19.0. The van der Waals surface area contributed by atoms with Crippen LogP contribution in [0.2, 0.25) is 0 Å². The molecule has 2 aliphatic rings. The highest BCUT2D eigenvalue weighted by atomic mass is 19.1. The summed E-state index contributed by atoms with van der Waals surface area (Å²) in [5.41, 5.74) is 1.64. The third kappa shape index (κ3) is 3.70. The topological polar surface area (TPSA) is 59.0 Å². The van der Waals surface area contributed by atoms with Crippen molar-refractivity contribution in [2.24, 2.45) is 10.4 Å². The lowest BCUT2D eigenvalue weighted by molar-refractivity contribution is -0.150. The van der Waals surface area contributed by atoms with E-state index < -0.39 is 12.0 Å². The predicted octanol–water partition coefficient (Wildman–Crippen LogP) is 3.41. The van der Waals surface area contributed by atoms with Gasteiger partial charge in [-0.15, -0.1) is 0 Å². The molecule has 0 aliphatic carbocycles. The van der Waals surface area contributed by atoms with Crippen LogP contribution in [0, 0.1) is 11.2 Å². The second-order valence-electron chi connectivity index (χ2n) is 7.58. The molecule has 27 heavy (non-hydrogen) atoms. The summed E-state index contributed by atoms with van der Waals surface area (Å²) < 4.78 is 19.3. The molecular weight excluding hydrogens is 347 g/mol. The summed E-state index contributed by atoms with van der Waals surface area (Å²) >= 11 is 0. The Hall–Kier alpha value is -2.76. The van der Waals surface area contributed by atoms with Crippen LogP contribution >= 0.6 is 0 Å². The Morgan fingerprint density at radius 2 is 1.96 bits per heavy atom. The van der Waals surface area contributed by atoms with Crippen LogP contribution in [0.5, 0.6) is 0 Å². The first-order chi connectivity index (χ1) is 12.7. The Labute approximate surface area is 158 Å². The zero-order valence-electron chi connectivity index (χ0n) is 16.0. The molecule has 1 aromatic carbocycles. The standard InChI is InChI=1S/C21H23FN2O3/c1-5-27-20(26)19-16(25)12-18-23-17(21(2,3)4)11-14(24(18)19)10-13-8-6-7-9-15(13)22/h6-9,11-12,19H,5,10H2,1-4H3. The molecule has 2 aliphatic heterocycles. The van der Waals surface area contributed by atoms with E-state index in [4.69, 9.17) is 4.74 Å². The number of allylic oxidation sites excluding steroid dienone is 2. The molecule has 2 heterocycles. The van der Waals surface area contributed by atoms with Gasteiger partial charge in [0.05, 0.1) is 6.61 Å². The number of halogens is 1. The molecule has 1 atom stereocenters. The fraction of sp³-hybridized carbons (Fsp3) is 0.381. The number of carbonyl (C=O) groups excluding carboxylic acids is 2. The Morgan fingerprint density at radius 1 is 1.26 bits per heavy atom. The predicted molar refractivity (Wildman–Crippen MR) is 100 cm³/mol. The number of esters is 1. The van der Waals surface area contributed by atoms with E-state index in [-0.39, 0.29) is 30.0 Å². The molecule has 1 unspecified atom stereocenters. The van der Waals surface area contributed by atoms with Crippen molar-refractivity contribution in [2.75, 3.05) is 6.61 Å². The molecule has 0 radical (unpaired) electrons. The first-order valence-corrected chi connectivity index (χ1v) is 8.97. The van der Waals surface area contributed by atoms with Gasteiger partial charge < -0.3 is 9.64 Å². The monoisotopic (exact) mass is 370 g/mol. The van der Waals surface area contributed by atoms with Crippen molar-refractivity contribution in [2.45, 2.75) is 40.2 Å². The number of rotatable bonds is 4. The van der Waals surface area contributed by atoms with Gasteiger partial charge in [0.25, 0.3) is 0 Å². The number of fused-ring (bicyclic) bond motifs is 1. The number of hydrogen-bond donors (Lipinski definition) is 0. The van der Waals surface area contributed by atoms with E-state index >= 15 is 0 Å². The second kappa shape index (κ2) is 7.10. The molecule has 0 N–H and O–H groups in total. The summed E-state index contributed by atoms with van der Waals surface area (Å²) in [6, 6.07) is 5.37. The molecule has 0 saturated heterocycles. The van der Waals surface area contributed by atoms with Crippen molar-refractivity contribution in [3.8, 4) is 0 Å². The van der Waals surface area contributed by atoms with Crippen molar-refractivity contribution >= 4 is 17.5 Å². The van der Waals surface area contributed by atoms with Gasteiger partial charge in [0.1, 0.15) is 11.6 Å². The van der Waals surface area contributed by atoms with Crippen LogP contribution in [-0.4, -0.2) is 35.0 Å². The summed E-state index contributed by atoms with van der Waals surface area (Å²) in [6.45, 7) is 7.90. The van der Waals surface area contributed by atoms with Gasteiger partial charge in [0, 0.05) is 29.3 Å². The maximum Gasteiger partial charge on any atom is 0.337 e. The number of benzene rings is 1. The minimum atomic E-state index is -1.11. The molecule has 0 amide bonds. The second-order valence-corrected chi connectivity index (χ2v) is 7.58. The molecule has 142 valence electrons. The van der Waals surface area contributed by atoms with Gasteiger partial charge >= 0.3 is 5.97 Å². The number of carbonyl (C=O) groups is 2. The fourth-order valence-electron chi connectivity index (χ4n) is 3.12. The van der Waals surface area contributed by atoms with Crippen LogP contribution in [0.3, 0.4) is 0 Å². The van der Waals surface area contributed by atoms with Crippen LogP contribution in [0.25, 0.3) is 0 Å². The molecule has 6 heteroatoms. The number of nitrogens with zero attached hydrogens (tertiary/aromatic N) is 2. The van der Waals surface area contributed by atoms with E-state index in [0.717, 1.165) is 5.71 Å². The Kier molecular flexibility index (Phi) is 5.00. The average molecular weight is 370 g/mol. The van der Waals surface area contributed by atoms with Crippen molar-refractivity contribution in [3.05, 3.63) is 59.3 Å². The molecule has 1 aromatic rings. The van der Waals surface area contributed by atoms with Crippen LogP contribution in [-0.2, 0) is 20.7 Å². The number of ether oxygens (including phenoxy) is 1. The molecule has 0 aromatic heterocycles. The van der Waals surface area contributed by atoms with Crippen molar-refractivity contribution in [1.82, 2.24) is 4.90 Å². The van der Waals surface area contributed by atoms with Crippen molar-refractivity contribution < 1.29 is 18.7 Å². The summed E-state index contributed by atoms with van der Waals surface area (Å²) in [6.07, 6.45) is 3.44. The molecule has 0 spiro atoms. The molecule has 0 bridgehead atoms. The third-order valence-corrected chi connectivity index (χ3v) is 4.50. The number of ketones is 1. The van der Waals surface area contributed by atoms with Crippen LogP contribution in [0.15, 0.2) is 52.9 Å². The van der Waals surface area contributed by atoms with Crippen molar-refractivity contribution in [3.63, 3.8) is 0 Å². The molecular formula is C21H23FN2O3. The number of aliphatic imine (C=N–C) groups is 1. The minimum Gasteiger partial charge on any atom is -0.464 e. The van der Waals surface area contributed by atoms with Gasteiger partial charge in [-0.05, 0) is 24.6 Å². The lowest BCUT2D eigenvalue weighted by Crippen LogP contribution is -2.43. The van der Waals surface area contributed by atoms with Crippen molar-refractivity contribution in [1.29, 1.82) is 0 Å². The summed E-state index contributed by atoms with van der Waals surface area (Å²) in [5.74, 6) is -0.928. The maximum absolute atomic E-state index is 14.2. The lowest BCUT2D eigenvalue weighted by Gasteiger charge is -2.33. The van der Waals surface area contributed by atoms with Gasteiger partial charge in [0.15, 0.2) is 11.8 Å². The van der Waals surface area contributed by atoms with E-state index in [1.54, 1.807) is 30.0 Å². The first-order valence-electron chi connectivity index (χ1n) is 8.97. The van der Waals surface area contributed by atoms with E-state index in [1.165, 1.54) is 12.1 Å². The smallest absolute Gasteiger partial charge is 0.337 e. The van der Waals surface area contributed by atoms with E-state index in [1.807, 2.05) is 26.8 Å². The zero-order valence-corrected chi connectivity index (χ0v) is 16.0. The summed E-state index contributed by atoms with van der Waals surface area (Å²) in [4.78, 5) is 31.0. The molecule has 3 rings (SSSR count). The highest BCUT2D eigenvalue weighted by Gasteiger charge is 2.43. The highest BCUT2D eigenvalue weighted by molar-refractivity contribution is 6.13. The molecule has 5 nitrogen and oxygen atoms in total. The van der Waals surface area contributed by atoms with E-state index in [9.17, 15) is 14.0 Å². The van der Waals surface area contributed by atoms with Crippen LogP contribution < -0.4 is 0 Å². The highest BCUT2D eigenvalue weighted by Crippen LogP contribution is 2.35. The third-order valence-electron chi connectivity index (χ3n) is 4.50. The molecule has 0 saturated carbocycles. The Balaban J connectivity index is 2.05. The summed E-state index contributed by atoms with van der Waals surface area (Å²) in [7, 11) is 0. The van der Waals surface area contributed by atoms with Crippen LogP contribution in [0.4, 0.5) is 4.39 Å². The van der Waals surface area contributed by atoms with E-state index in [2.05, 4.69) is 4.99 Å². The molecule has 0 fully saturated rings. The van der Waals surface area contributed by atoms with Gasteiger partial charge in [-0.3, -0.25) is 4.79 Å². The van der Waals surface area contributed by atoms with Gasteiger partial charge in [-0.1, -0.05) is 39.0 Å². The SMILES string of the molecule is CCOC(=O)C1C(=O)C=C2N=C(C(C)(C)C)C=C(Cc3ccccc3F)N21. The zero-order chi connectivity index (χ0) is 19.8. The normalized spacial score (nSPS) is 19.3. The quantitative estimate of drug-likeness (QED) is 0.602.